The molecule has 17 heavy (non-hydrogen) atoms. The molecule has 5 heteroatoms. The fraction of sp³-hybridized carbons (Fsp3) is 0.417. The first-order valence-electron chi connectivity index (χ1n) is 5.36. The van der Waals surface area contributed by atoms with Crippen molar-refractivity contribution in [2.75, 3.05) is 19.2 Å². The minimum Gasteiger partial charge on any atom is -0.454 e. The van der Waals surface area contributed by atoms with Crippen LogP contribution in [0.2, 0.25) is 0 Å². The molecule has 0 N–H and O–H groups in total. The number of amides is 1. The average molecular weight is 300 g/mol. The van der Waals surface area contributed by atoms with Gasteiger partial charge in [0.15, 0.2) is 11.5 Å². The third-order valence-corrected chi connectivity index (χ3v) is 3.76. The summed E-state index contributed by atoms with van der Waals surface area (Å²) in [6, 6.07) is 5.39. The van der Waals surface area contributed by atoms with Crippen molar-refractivity contribution in [1.29, 1.82) is 0 Å². The number of alkyl halides is 1. The number of fused-ring (bicyclic) bond motifs is 1. The van der Waals surface area contributed by atoms with Crippen molar-refractivity contribution in [2.45, 2.75) is 13.0 Å². The fourth-order valence-corrected chi connectivity index (χ4v) is 1.97. The molecule has 1 unspecified atom stereocenters. The van der Waals surface area contributed by atoms with Gasteiger partial charge in [0.2, 0.25) is 6.79 Å². The predicted octanol–water partition coefficient (Wildman–Crippen LogP) is 2.27. The van der Waals surface area contributed by atoms with E-state index in [-0.39, 0.29) is 18.7 Å². The molecule has 0 fully saturated rings. The second-order valence-electron chi connectivity index (χ2n) is 3.99. The predicted molar refractivity (Wildman–Crippen MR) is 67.9 cm³/mol. The summed E-state index contributed by atoms with van der Waals surface area (Å²) in [5, 5.41) is 0.750. The van der Waals surface area contributed by atoms with Crippen LogP contribution in [0.4, 0.5) is 0 Å². The van der Waals surface area contributed by atoms with Gasteiger partial charge in [-0.05, 0) is 25.1 Å². The first-order valence-corrected chi connectivity index (χ1v) is 6.48. The SMILES string of the molecule is CC(CBr)N(C)C(=O)c1ccc2c(c1)OCO2. The molecule has 0 spiro atoms. The topological polar surface area (TPSA) is 38.8 Å². The number of hydrogen-bond acceptors (Lipinski definition) is 3. The second kappa shape index (κ2) is 4.96. The molecule has 2 rings (SSSR count). The van der Waals surface area contributed by atoms with Crippen LogP contribution in [0.15, 0.2) is 18.2 Å². The summed E-state index contributed by atoms with van der Waals surface area (Å²) in [6.07, 6.45) is 0. The summed E-state index contributed by atoms with van der Waals surface area (Å²) < 4.78 is 10.5. The zero-order valence-corrected chi connectivity index (χ0v) is 11.4. The van der Waals surface area contributed by atoms with Crippen LogP contribution in [0.1, 0.15) is 17.3 Å². The lowest BCUT2D eigenvalue weighted by Crippen LogP contribution is -2.36. The molecule has 1 atom stereocenters. The highest BCUT2D eigenvalue weighted by molar-refractivity contribution is 9.09. The van der Waals surface area contributed by atoms with Crippen molar-refractivity contribution < 1.29 is 14.3 Å². The van der Waals surface area contributed by atoms with Crippen LogP contribution in [-0.2, 0) is 0 Å². The van der Waals surface area contributed by atoms with Gasteiger partial charge < -0.3 is 14.4 Å². The number of benzene rings is 1. The van der Waals surface area contributed by atoms with Crippen LogP contribution >= 0.6 is 15.9 Å². The maximum Gasteiger partial charge on any atom is 0.254 e. The smallest absolute Gasteiger partial charge is 0.254 e. The monoisotopic (exact) mass is 299 g/mol. The fourth-order valence-electron chi connectivity index (χ4n) is 1.54. The second-order valence-corrected chi connectivity index (χ2v) is 4.63. The van der Waals surface area contributed by atoms with E-state index in [2.05, 4.69) is 15.9 Å². The molecule has 0 bridgehead atoms. The van der Waals surface area contributed by atoms with E-state index in [0.717, 1.165) is 5.33 Å². The van der Waals surface area contributed by atoms with Gasteiger partial charge >= 0.3 is 0 Å². The Morgan fingerprint density at radius 3 is 2.88 bits per heavy atom. The van der Waals surface area contributed by atoms with Crippen molar-refractivity contribution >= 4 is 21.8 Å². The van der Waals surface area contributed by atoms with Crippen molar-refractivity contribution in [3.05, 3.63) is 23.8 Å². The Morgan fingerprint density at radius 2 is 2.18 bits per heavy atom. The van der Waals surface area contributed by atoms with Crippen molar-refractivity contribution in [1.82, 2.24) is 4.90 Å². The molecule has 1 heterocycles. The highest BCUT2D eigenvalue weighted by atomic mass is 79.9. The maximum absolute atomic E-state index is 12.2. The molecule has 0 saturated carbocycles. The van der Waals surface area contributed by atoms with Gasteiger partial charge in [0.05, 0.1) is 0 Å². The highest BCUT2D eigenvalue weighted by Crippen LogP contribution is 2.32. The molecule has 1 aliphatic heterocycles. The molecule has 4 nitrogen and oxygen atoms in total. The van der Waals surface area contributed by atoms with Gasteiger partial charge in [0, 0.05) is 24.0 Å². The molecular formula is C12H14BrNO3. The Labute approximate surface area is 109 Å². The Bertz CT molecular complexity index is 436. The van der Waals surface area contributed by atoms with Gasteiger partial charge in [-0.15, -0.1) is 0 Å². The van der Waals surface area contributed by atoms with E-state index in [1.807, 2.05) is 6.92 Å². The van der Waals surface area contributed by atoms with E-state index in [1.165, 1.54) is 0 Å². The Balaban J connectivity index is 2.20. The van der Waals surface area contributed by atoms with Crippen LogP contribution in [0.25, 0.3) is 0 Å². The quantitative estimate of drug-likeness (QED) is 0.804. The van der Waals surface area contributed by atoms with Crippen molar-refractivity contribution in [3.63, 3.8) is 0 Å². The summed E-state index contributed by atoms with van der Waals surface area (Å²) in [5.41, 5.74) is 0.615. The van der Waals surface area contributed by atoms with Crippen molar-refractivity contribution in [3.8, 4) is 11.5 Å². The maximum atomic E-state index is 12.2. The summed E-state index contributed by atoms with van der Waals surface area (Å²) >= 11 is 3.37. The van der Waals surface area contributed by atoms with Crippen LogP contribution in [0.5, 0.6) is 11.5 Å². The molecule has 1 amide bonds. The van der Waals surface area contributed by atoms with E-state index in [0.29, 0.717) is 17.1 Å². The minimum absolute atomic E-state index is 0.0183. The third kappa shape index (κ3) is 2.39. The van der Waals surface area contributed by atoms with Crippen LogP contribution in [0, 0.1) is 0 Å². The molecule has 0 aromatic heterocycles. The van der Waals surface area contributed by atoms with Gasteiger partial charge in [-0.25, -0.2) is 0 Å². The third-order valence-electron chi connectivity index (χ3n) is 2.82. The van der Waals surface area contributed by atoms with Crippen LogP contribution in [0.3, 0.4) is 0 Å². The van der Waals surface area contributed by atoms with Gasteiger partial charge in [0.1, 0.15) is 0 Å². The number of hydrogen-bond donors (Lipinski definition) is 0. The molecule has 1 aliphatic rings. The summed E-state index contributed by atoms with van der Waals surface area (Å²) in [5.74, 6) is 1.31. The number of carbonyl (C=O) groups excluding carboxylic acids is 1. The van der Waals surface area contributed by atoms with Crippen LogP contribution in [-0.4, -0.2) is 36.0 Å². The lowest BCUT2D eigenvalue weighted by atomic mass is 10.1. The Kier molecular flexibility index (Phi) is 3.57. The normalized spacial score (nSPS) is 14.5. The zero-order chi connectivity index (χ0) is 12.4. The van der Waals surface area contributed by atoms with Gasteiger partial charge in [-0.2, -0.15) is 0 Å². The largest absolute Gasteiger partial charge is 0.454 e. The van der Waals surface area contributed by atoms with E-state index in [4.69, 9.17) is 9.47 Å². The number of ether oxygens (including phenoxy) is 2. The number of nitrogens with zero attached hydrogens (tertiary/aromatic N) is 1. The zero-order valence-electron chi connectivity index (χ0n) is 9.77. The standard InChI is InChI=1S/C12H14BrNO3/c1-8(6-13)14(2)12(15)9-3-4-10-11(5-9)17-7-16-10/h3-5,8H,6-7H2,1-2H3. The number of carbonyl (C=O) groups is 1. The molecule has 1 aromatic rings. The first kappa shape index (κ1) is 12.2. The molecular weight excluding hydrogens is 286 g/mol. The number of rotatable bonds is 3. The van der Waals surface area contributed by atoms with E-state index in [1.54, 1.807) is 30.1 Å². The van der Waals surface area contributed by atoms with E-state index >= 15 is 0 Å². The van der Waals surface area contributed by atoms with Crippen LogP contribution < -0.4 is 9.47 Å². The molecule has 0 radical (unpaired) electrons. The molecule has 0 saturated heterocycles. The van der Waals surface area contributed by atoms with E-state index in [9.17, 15) is 4.79 Å². The number of halogens is 1. The summed E-state index contributed by atoms with van der Waals surface area (Å²) in [4.78, 5) is 13.9. The van der Waals surface area contributed by atoms with Gasteiger partial charge in [0.25, 0.3) is 5.91 Å². The first-order chi connectivity index (χ1) is 8.13. The Hall–Kier alpha value is -1.23. The Morgan fingerprint density at radius 1 is 1.47 bits per heavy atom. The van der Waals surface area contributed by atoms with Gasteiger partial charge in [-0.3, -0.25) is 4.79 Å². The summed E-state index contributed by atoms with van der Waals surface area (Å²) in [7, 11) is 1.79. The lowest BCUT2D eigenvalue weighted by Gasteiger charge is -2.23. The lowest BCUT2D eigenvalue weighted by molar-refractivity contribution is 0.0757. The minimum atomic E-state index is -0.0183. The molecule has 1 aromatic carbocycles. The molecule has 92 valence electrons. The molecule has 0 aliphatic carbocycles. The van der Waals surface area contributed by atoms with Gasteiger partial charge in [-0.1, -0.05) is 15.9 Å². The van der Waals surface area contributed by atoms with Crippen molar-refractivity contribution in [2.24, 2.45) is 0 Å². The highest BCUT2D eigenvalue weighted by Gasteiger charge is 2.20. The van der Waals surface area contributed by atoms with E-state index < -0.39 is 0 Å². The summed E-state index contributed by atoms with van der Waals surface area (Å²) in [6.45, 7) is 2.21. The average Bonchev–Trinajstić information content (AvgIpc) is 2.83.